The standard InChI is InChI=1S/C21H23NO.C2H6/c1-6-8-12-18-16(3)17(4)19(13-9-7-2)22(18)20-14-10-11-15-21(20)23-5;1-2/h6-15H,1-2H2,3-5H3;1-2H3/b12-8-,13-9-;. The summed E-state index contributed by atoms with van der Waals surface area (Å²) in [5.41, 5.74) is 5.72. The van der Waals surface area contributed by atoms with Crippen LogP contribution in [-0.4, -0.2) is 11.7 Å². The highest BCUT2D eigenvalue weighted by Gasteiger charge is 2.17. The SMILES string of the molecule is C=C/C=C\c1c(C)c(C)c(/C=C\C=C)n1-c1ccccc1OC.CC. The molecule has 0 N–H and O–H groups in total. The molecule has 0 aliphatic carbocycles. The van der Waals surface area contributed by atoms with Crippen LogP contribution in [0.25, 0.3) is 17.8 Å². The Balaban J connectivity index is 0.00000151. The van der Waals surface area contributed by atoms with Gasteiger partial charge in [0.25, 0.3) is 0 Å². The van der Waals surface area contributed by atoms with Gasteiger partial charge in [-0.25, -0.2) is 0 Å². The minimum absolute atomic E-state index is 0.837. The van der Waals surface area contributed by atoms with E-state index in [2.05, 4.69) is 49.8 Å². The Morgan fingerprint density at radius 2 is 1.36 bits per heavy atom. The molecule has 0 radical (unpaired) electrons. The number of para-hydroxylation sites is 2. The molecule has 2 aromatic rings. The summed E-state index contributed by atoms with van der Waals surface area (Å²) < 4.78 is 7.77. The van der Waals surface area contributed by atoms with Gasteiger partial charge in [-0.1, -0.05) is 63.4 Å². The zero-order chi connectivity index (χ0) is 18.8. The van der Waals surface area contributed by atoms with Crippen LogP contribution in [0, 0.1) is 13.8 Å². The first-order valence-corrected chi connectivity index (χ1v) is 8.59. The lowest BCUT2D eigenvalue weighted by atomic mass is 10.1. The van der Waals surface area contributed by atoms with Crippen molar-refractivity contribution in [1.29, 1.82) is 0 Å². The van der Waals surface area contributed by atoms with Gasteiger partial charge >= 0.3 is 0 Å². The average molecular weight is 335 g/mol. The Labute approximate surface area is 152 Å². The van der Waals surface area contributed by atoms with Gasteiger partial charge in [-0.05, 0) is 49.3 Å². The predicted octanol–water partition coefficient (Wildman–Crippen LogP) is 6.53. The molecule has 0 fully saturated rings. The van der Waals surface area contributed by atoms with E-state index in [0.717, 1.165) is 22.8 Å². The van der Waals surface area contributed by atoms with Gasteiger partial charge in [0.15, 0.2) is 0 Å². The van der Waals surface area contributed by atoms with Gasteiger partial charge in [-0.2, -0.15) is 0 Å². The summed E-state index contributed by atoms with van der Waals surface area (Å²) >= 11 is 0. The van der Waals surface area contributed by atoms with Gasteiger partial charge in [0.05, 0.1) is 12.8 Å². The lowest BCUT2D eigenvalue weighted by Crippen LogP contribution is -2.02. The molecule has 0 saturated heterocycles. The zero-order valence-corrected chi connectivity index (χ0v) is 16.0. The van der Waals surface area contributed by atoms with E-state index in [0.29, 0.717) is 0 Å². The Hall–Kier alpha value is -2.74. The summed E-state index contributed by atoms with van der Waals surface area (Å²) in [4.78, 5) is 0. The van der Waals surface area contributed by atoms with Crippen molar-refractivity contribution in [2.24, 2.45) is 0 Å². The highest BCUT2D eigenvalue weighted by Crippen LogP contribution is 2.32. The highest BCUT2D eigenvalue weighted by atomic mass is 16.5. The summed E-state index contributed by atoms with van der Waals surface area (Å²) in [7, 11) is 1.69. The first-order valence-electron chi connectivity index (χ1n) is 8.59. The third-order valence-electron chi connectivity index (χ3n) is 3.92. The minimum Gasteiger partial charge on any atom is -0.495 e. The molecule has 2 heteroatoms. The van der Waals surface area contributed by atoms with Crippen LogP contribution < -0.4 is 4.74 Å². The van der Waals surface area contributed by atoms with Crippen molar-refractivity contribution in [3.8, 4) is 11.4 Å². The van der Waals surface area contributed by atoms with E-state index < -0.39 is 0 Å². The van der Waals surface area contributed by atoms with Crippen LogP contribution in [0.2, 0.25) is 0 Å². The average Bonchev–Trinajstić information content (AvgIpc) is 2.90. The third-order valence-corrected chi connectivity index (χ3v) is 3.92. The fourth-order valence-electron chi connectivity index (χ4n) is 2.64. The molecule has 0 bridgehead atoms. The molecular formula is C23H29NO. The Morgan fingerprint density at radius 3 is 1.80 bits per heavy atom. The van der Waals surface area contributed by atoms with Crippen LogP contribution in [0.5, 0.6) is 5.75 Å². The maximum atomic E-state index is 5.56. The number of hydrogen-bond donors (Lipinski definition) is 0. The van der Waals surface area contributed by atoms with Gasteiger partial charge in [-0.15, -0.1) is 0 Å². The number of aromatic nitrogens is 1. The summed E-state index contributed by atoms with van der Waals surface area (Å²) in [5, 5.41) is 0. The van der Waals surface area contributed by atoms with Crippen LogP contribution in [0.15, 0.2) is 61.7 Å². The number of ether oxygens (including phenoxy) is 1. The second-order valence-electron chi connectivity index (χ2n) is 5.22. The van der Waals surface area contributed by atoms with Crippen LogP contribution in [0.4, 0.5) is 0 Å². The lowest BCUT2D eigenvalue weighted by molar-refractivity contribution is 0.413. The van der Waals surface area contributed by atoms with Gasteiger partial charge in [0, 0.05) is 11.4 Å². The van der Waals surface area contributed by atoms with Crippen LogP contribution >= 0.6 is 0 Å². The molecular weight excluding hydrogens is 306 g/mol. The maximum absolute atomic E-state index is 5.56. The summed E-state index contributed by atoms with van der Waals surface area (Å²) in [6, 6.07) is 8.03. The number of methoxy groups -OCH3 is 1. The summed E-state index contributed by atoms with van der Waals surface area (Å²) in [6.07, 6.45) is 11.6. The Kier molecular flexibility index (Phi) is 8.28. The van der Waals surface area contributed by atoms with E-state index in [1.54, 1.807) is 19.3 Å². The molecule has 2 rings (SSSR count). The summed E-state index contributed by atoms with van der Waals surface area (Å²) in [6.45, 7) is 15.8. The number of hydrogen-bond acceptors (Lipinski definition) is 1. The van der Waals surface area contributed by atoms with E-state index >= 15 is 0 Å². The van der Waals surface area contributed by atoms with Gasteiger partial charge in [0.1, 0.15) is 5.75 Å². The molecule has 0 aliphatic rings. The van der Waals surface area contributed by atoms with E-state index in [4.69, 9.17) is 4.74 Å². The molecule has 2 nitrogen and oxygen atoms in total. The maximum Gasteiger partial charge on any atom is 0.142 e. The quantitative estimate of drug-likeness (QED) is 0.548. The van der Waals surface area contributed by atoms with E-state index in [1.807, 2.05) is 44.2 Å². The van der Waals surface area contributed by atoms with Gasteiger partial charge in [0.2, 0.25) is 0 Å². The lowest BCUT2D eigenvalue weighted by Gasteiger charge is -2.14. The molecule has 132 valence electrons. The molecule has 0 spiro atoms. The van der Waals surface area contributed by atoms with E-state index in [-0.39, 0.29) is 0 Å². The van der Waals surface area contributed by atoms with Crippen molar-refractivity contribution in [3.05, 3.63) is 84.2 Å². The first kappa shape index (κ1) is 20.3. The number of benzene rings is 1. The molecule has 1 aromatic carbocycles. The molecule has 0 aliphatic heterocycles. The zero-order valence-electron chi connectivity index (χ0n) is 16.0. The number of allylic oxidation sites excluding steroid dienone is 4. The first-order chi connectivity index (χ1) is 12.2. The monoisotopic (exact) mass is 335 g/mol. The van der Waals surface area contributed by atoms with Crippen molar-refractivity contribution in [3.63, 3.8) is 0 Å². The van der Waals surface area contributed by atoms with Crippen molar-refractivity contribution < 1.29 is 4.74 Å². The fraction of sp³-hybridized carbons (Fsp3) is 0.217. The molecule has 0 atom stereocenters. The van der Waals surface area contributed by atoms with Crippen LogP contribution in [0.1, 0.15) is 36.4 Å². The Morgan fingerprint density at radius 1 is 0.880 bits per heavy atom. The van der Waals surface area contributed by atoms with E-state index in [9.17, 15) is 0 Å². The third kappa shape index (κ3) is 4.42. The number of nitrogens with zero attached hydrogens (tertiary/aromatic N) is 1. The van der Waals surface area contributed by atoms with Crippen molar-refractivity contribution >= 4 is 12.2 Å². The van der Waals surface area contributed by atoms with E-state index in [1.165, 1.54) is 11.1 Å². The largest absolute Gasteiger partial charge is 0.495 e. The molecule has 25 heavy (non-hydrogen) atoms. The summed E-state index contributed by atoms with van der Waals surface area (Å²) in [5.74, 6) is 0.837. The molecule has 0 saturated carbocycles. The fourth-order valence-corrected chi connectivity index (χ4v) is 2.64. The molecule has 1 heterocycles. The normalized spacial score (nSPS) is 10.6. The number of rotatable bonds is 6. The second kappa shape index (κ2) is 10.2. The smallest absolute Gasteiger partial charge is 0.142 e. The van der Waals surface area contributed by atoms with Crippen molar-refractivity contribution in [1.82, 2.24) is 4.57 Å². The second-order valence-corrected chi connectivity index (χ2v) is 5.22. The van der Waals surface area contributed by atoms with Crippen molar-refractivity contribution in [2.75, 3.05) is 7.11 Å². The topological polar surface area (TPSA) is 14.2 Å². The predicted molar refractivity (Wildman–Crippen MR) is 112 cm³/mol. The van der Waals surface area contributed by atoms with Gasteiger partial charge < -0.3 is 9.30 Å². The van der Waals surface area contributed by atoms with Gasteiger partial charge in [-0.3, -0.25) is 0 Å². The van der Waals surface area contributed by atoms with Crippen LogP contribution in [0.3, 0.4) is 0 Å². The highest BCUT2D eigenvalue weighted by molar-refractivity contribution is 5.68. The molecule has 0 amide bonds. The van der Waals surface area contributed by atoms with Crippen LogP contribution in [-0.2, 0) is 0 Å². The van der Waals surface area contributed by atoms with Crippen molar-refractivity contribution in [2.45, 2.75) is 27.7 Å². The molecule has 1 aromatic heterocycles. The minimum atomic E-state index is 0.837. The Bertz CT molecular complexity index is 734. The molecule has 0 unspecified atom stereocenters.